The molecule has 5 rings (SSSR count). The summed E-state index contributed by atoms with van der Waals surface area (Å²) < 4.78 is 35.7. The minimum Gasteiger partial charge on any atom is -0.374 e. The number of piperidine rings is 1. The molecule has 1 aliphatic carbocycles. The van der Waals surface area contributed by atoms with Gasteiger partial charge in [-0.3, -0.25) is 4.98 Å². The highest BCUT2D eigenvalue weighted by Crippen LogP contribution is 2.42. The zero-order chi connectivity index (χ0) is 27.6. The highest BCUT2D eigenvalue weighted by atomic mass is 19.1. The number of nitrogens with one attached hydrogen (secondary N) is 3. The summed E-state index contributed by atoms with van der Waals surface area (Å²) >= 11 is 0. The molecule has 1 aliphatic heterocycles. The van der Waals surface area contributed by atoms with Crippen LogP contribution in [0, 0.1) is 23.0 Å². The lowest BCUT2D eigenvalue weighted by Crippen LogP contribution is -2.46. The molecule has 0 spiro atoms. The van der Waals surface area contributed by atoms with Crippen LogP contribution in [0.15, 0.2) is 42.9 Å². The minimum absolute atomic E-state index is 0.111. The van der Waals surface area contributed by atoms with Crippen LogP contribution >= 0.6 is 0 Å². The molecule has 0 amide bonds. The highest BCUT2D eigenvalue weighted by molar-refractivity contribution is 6.09. The van der Waals surface area contributed by atoms with E-state index in [1.807, 2.05) is 6.07 Å². The molecule has 2 atom stereocenters. The molecule has 1 aromatic carbocycles. The van der Waals surface area contributed by atoms with Crippen molar-refractivity contribution in [1.82, 2.24) is 15.0 Å². The lowest BCUT2D eigenvalue weighted by Gasteiger charge is -2.37. The van der Waals surface area contributed by atoms with Crippen molar-refractivity contribution in [1.29, 1.82) is 5.41 Å². The first kappa shape index (κ1) is 27.0. The first-order valence-corrected chi connectivity index (χ1v) is 13.4. The monoisotopic (exact) mass is 535 g/mol. The van der Waals surface area contributed by atoms with Gasteiger partial charge in [-0.2, -0.15) is 0 Å². The Labute approximate surface area is 227 Å². The SMILES string of the molecule is COC1(c2cc(F)c(C(=N)/C=C\c3cnc(Nc4cnccc4N4CC(C)CC(N)C4)[nH]3)c(F)c2)CCCC1. The number of anilines is 3. The van der Waals surface area contributed by atoms with Crippen LogP contribution in [0.4, 0.5) is 26.1 Å². The van der Waals surface area contributed by atoms with Crippen molar-refractivity contribution >= 4 is 29.1 Å². The largest absolute Gasteiger partial charge is 0.374 e. The van der Waals surface area contributed by atoms with Gasteiger partial charge in [0.15, 0.2) is 0 Å². The number of rotatable bonds is 8. The van der Waals surface area contributed by atoms with E-state index in [1.54, 1.807) is 31.8 Å². The third kappa shape index (κ3) is 5.72. The summed E-state index contributed by atoms with van der Waals surface area (Å²) in [7, 11) is 1.58. The first-order valence-electron chi connectivity index (χ1n) is 13.4. The van der Waals surface area contributed by atoms with Crippen LogP contribution in [0.3, 0.4) is 0 Å². The van der Waals surface area contributed by atoms with Gasteiger partial charge in [-0.1, -0.05) is 19.8 Å². The van der Waals surface area contributed by atoms with Crippen LogP contribution in [0.5, 0.6) is 0 Å². The Kier molecular flexibility index (Phi) is 7.76. The number of methoxy groups -OCH3 is 1. The van der Waals surface area contributed by atoms with Gasteiger partial charge in [-0.05, 0) is 61.1 Å². The molecular weight excluding hydrogens is 500 g/mol. The fraction of sp³-hybridized carbons (Fsp3) is 0.414. The summed E-state index contributed by atoms with van der Waals surface area (Å²) in [5.41, 5.74) is 7.78. The second-order valence-corrected chi connectivity index (χ2v) is 10.7. The van der Waals surface area contributed by atoms with E-state index in [1.165, 1.54) is 18.2 Å². The van der Waals surface area contributed by atoms with Gasteiger partial charge >= 0.3 is 0 Å². The molecule has 1 saturated carbocycles. The maximum absolute atomic E-state index is 15.0. The number of allylic oxidation sites excluding steroid dienone is 1. The van der Waals surface area contributed by atoms with Crippen LogP contribution in [-0.2, 0) is 10.3 Å². The zero-order valence-corrected chi connectivity index (χ0v) is 22.3. The quantitative estimate of drug-likeness (QED) is 0.283. The second-order valence-electron chi connectivity index (χ2n) is 10.7. The maximum atomic E-state index is 15.0. The van der Waals surface area contributed by atoms with E-state index in [4.69, 9.17) is 15.9 Å². The highest BCUT2D eigenvalue weighted by Gasteiger charge is 2.37. The predicted molar refractivity (Wildman–Crippen MR) is 149 cm³/mol. The lowest BCUT2D eigenvalue weighted by atomic mass is 9.90. The van der Waals surface area contributed by atoms with Crippen molar-refractivity contribution in [2.75, 3.05) is 30.4 Å². The third-order valence-corrected chi connectivity index (χ3v) is 7.75. The minimum atomic E-state index is -0.772. The molecule has 10 heteroatoms. The number of hydrogen-bond acceptors (Lipinski definition) is 7. The van der Waals surface area contributed by atoms with Crippen molar-refractivity contribution < 1.29 is 13.5 Å². The van der Waals surface area contributed by atoms with E-state index in [-0.39, 0.29) is 17.3 Å². The van der Waals surface area contributed by atoms with Gasteiger partial charge < -0.3 is 31.1 Å². The molecule has 1 saturated heterocycles. The van der Waals surface area contributed by atoms with Crippen molar-refractivity contribution in [3.63, 3.8) is 0 Å². The van der Waals surface area contributed by atoms with Crippen molar-refractivity contribution in [3.05, 3.63) is 71.3 Å². The standard InChI is InChI=1S/C29H35F2N7O/c1-18-11-20(32)17-38(16-18)26-7-10-34-15-25(26)37-28-35-14-21(36-28)5-6-24(33)27-22(30)12-19(13-23(27)31)29(39-2)8-3-4-9-29/h5-7,10,12-15,18,20,33H,3-4,8-9,11,16-17,32H2,1-2H3,(H2,35,36,37)/b6-5-,33-24?. The first-order chi connectivity index (χ1) is 18.8. The number of benzene rings is 1. The van der Waals surface area contributed by atoms with Crippen LogP contribution in [0.1, 0.15) is 55.8 Å². The number of ether oxygens (including phenoxy) is 1. The molecule has 206 valence electrons. The third-order valence-electron chi connectivity index (χ3n) is 7.75. The Morgan fingerprint density at radius 3 is 2.67 bits per heavy atom. The summed E-state index contributed by atoms with van der Waals surface area (Å²) in [4.78, 5) is 14.0. The molecule has 0 bridgehead atoms. The van der Waals surface area contributed by atoms with E-state index >= 15 is 8.78 Å². The number of aromatic amines is 1. The Balaban J connectivity index is 1.29. The summed E-state index contributed by atoms with van der Waals surface area (Å²) in [5.74, 6) is -0.579. The number of pyridine rings is 1. The average Bonchev–Trinajstić information content (AvgIpc) is 3.57. The molecule has 39 heavy (non-hydrogen) atoms. The Morgan fingerprint density at radius 2 is 1.97 bits per heavy atom. The smallest absolute Gasteiger partial charge is 0.205 e. The summed E-state index contributed by atoms with van der Waals surface area (Å²) in [5, 5.41) is 11.6. The number of nitrogens with zero attached hydrogens (tertiary/aromatic N) is 3. The Morgan fingerprint density at radius 1 is 1.23 bits per heavy atom. The molecule has 2 fully saturated rings. The van der Waals surface area contributed by atoms with Crippen LogP contribution < -0.4 is 16.0 Å². The summed E-state index contributed by atoms with van der Waals surface area (Å²) in [6, 6.07) is 4.67. The van der Waals surface area contributed by atoms with Crippen LogP contribution in [0.2, 0.25) is 0 Å². The molecule has 2 unspecified atom stereocenters. The van der Waals surface area contributed by atoms with E-state index in [0.717, 1.165) is 56.6 Å². The molecule has 0 radical (unpaired) electrons. The van der Waals surface area contributed by atoms with Crippen LogP contribution in [0.25, 0.3) is 6.08 Å². The van der Waals surface area contributed by atoms with Gasteiger partial charge in [0.05, 0.1) is 46.3 Å². The number of nitrogens with two attached hydrogens (primary N) is 1. The fourth-order valence-electron chi connectivity index (χ4n) is 5.87. The predicted octanol–water partition coefficient (Wildman–Crippen LogP) is 5.50. The van der Waals surface area contributed by atoms with Crippen molar-refractivity contribution in [3.8, 4) is 0 Å². The number of halogens is 2. The van der Waals surface area contributed by atoms with Crippen molar-refractivity contribution in [2.24, 2.45) is 11.7 Å². The van der Waals surface area contributed by atoms with Gasteiger partial charge in [0.1, 0.15) is 11.6 Å². The Hall–Kier alpha value is -3.63. The zero-order valence-electron chi connectivity index (χ0n) is 22.3. The van der Waals surface area contributed by atoms with Crippen molar-refractivity contribution in [2.45, 2.75) is 50.7 Å². The van der Waals surface area contributed by atoms with E-state index < -0.39 is 17.2 Å². The van der Waals surface area contributed by atoms with Gasteiger partial charge in [-0.25, -0.2) is 13.8 Å². The van der Waals surface area contributed by atoms with Crippen LogP contribution in [-0.4, -0.2) is 46.9 Å². The summed E-state index contributed by atoms with van der Waals surface area (Å²) in [6.07, 6.45) is 12.3. The van der Waals surface area contributed by atoms with Gasteiger partial charge in [0, 0.05) is 32.4 Å². The van der Waals surface area contributed by atoms with Gasteiger partial charge in [-0.15, -0.1) is 0 Å². The maximum Gasteiger partial charge on any atom is 0.205 e. The molecule has 8 nitrogen and oxygen atoms in total. The van der Waals surface area contributed by atoms with E-state index in [0.29, 0.717) is 23.1 Å². The topological polar surface area (TPSA) is 116 Å². The molecule has 2 aromatic heterocycles. The second kappa shape index (κ2) is 11.2. The van der Waals surface area contributed by atoms with E-state index in [2.05, 4.69) is 32.1 Å². The lowest BCUT2D eigenvalue weighted by molar-refractivity contribution is -0.00917. The van der Waals surface area contributed by atoms with Gasteiger partial charge in [0.2, 0.25) is 5.95 Å². The number of aromatic nitrogens is 3. The average molecular weight is 536 g/mol. The number of hydrogen-bond donors (Lipinski definition) is 4. The fourth-order valence-corrected chi connectivity index (χ4v) is 5.87. The van der Waals surface area contributed by atoms with E-state index in [9.17, 15) is 0 Å². The molecule has 3 aromatic rings. The molecular formula is C29H35F2N7O. The molecule has 3 heterocycles. The molecule has 2 aliphatic rings. The molecule has 5 N–H and O–H groups in total. The summed E-state index contributed by atoms with van der Waals surface area (Å²) in [6.45, 7) is 3.86. The van der Waals surface area contributed by atoms with Gasteiger partial charge in [0.25, 0.3) is 0 Å². The normalized spacial score (nSPS) is 21.0. The number of H-pyrrole nitrogens is 1. The number of imidazole rings is 1. The Bertz CT molecular complexity index is 1330.